The Balaban J connectivity index is 1.56. The van der Waals surface area contributed by atoms with E-state index in [1.807, 2.05) is 55.5 Å². The number of nitrogens with zero attached hydrogens (tertiary/aromatic N) is 2. The van der Waals surface area contributed by atoms with E-state index in [4.69, 9.17) is 37.7 Å². The van der Waals surface area contributed by atoms with Crippen LogP contribution in [-0.2, 0) is 17.8 Å². The van der Waals surface area contributed by atoms with Crippen LogP contribution >= 0.6 is 35.0 Å². The van der Waals surface area contributed by atoms with Gasteiger partial charge in [-0.05, 0) is 72.6 Å². The third-order valence-corrected chi connectivity index (χ3v) is 7.20. The van der Waals surface area contributed by atoms with Crippen molar-refractivity contribution in [3.05, 3.63) is 92.3 Å². The van der Waals surface area contributed by atoms with E-state index in [1.165, 1.54) is 11.8 Å². The van der Waals surface area contributed by atoms with Gasteiger partial charge in [-0.3, -0.25) is 9.69 Å². The maximum Gasteiger partial charge on any atom is 0.266 e. The molecule has 0 atom stereocenters. The predicted molar refractivity (Wildman–Crippen MR) is 150 cm³/mol. The predicted octanol–water partition coefficient (Wildman–Crippen LogP) is 7.77. The molecule has 5 nitrogen and oxygen atoms in total. The molecule has 0 saturated carbocycles. The first-order chi connectivity index (χ1) is 17.4. The van der Waals surface area contributed by atoms with Crippen LogP contribution in [0.25, 0.3) is 6.08 Å². The lowest BCUT2D eigenvalue weighted by atomic mass is 10.1. The van der Waals surface area contributed by atoms with E-state index in [0.29, 0.717) is 38.2 Å². The van der Waals surface area contributed by atoms with Crippen molar-refractivity contribution >= 4 is 57.8 Å². The van der Waals surface area contributed by atoms with Crippen molar-refractivity contribution in [2.45, 2.75) is 26.9 Å². The van der Waals surface area contributed by atoms with Gasteiger partial charge in [0.2, 0.25) is 0 Å². The first kappa shape index (κ1) is 26.1. The molecule has 0 aromatic heterocycles. The topological polar surface area (TPSA) is 51.1 Å². The molecular formula is C28H26Cl2N2O3S. The number of hydrogen-bond acceptors (Lipinski definition) is 5. The molecule has 0 bridgehead atoms. The number of likely N-dealkylation sites (N-methyl/N-ethyl adjacent to an activating group) is 1. The standard InChI is InChI=1S/C28H26Cl2N2O3S/c1-4-19-8-6-7-9-23(19)31-28-32(3)27(33)26(36-28)15-18-10-13-24(25(14-18)34-5-2)35-17-20-11-12-21(29)16-22(20)30/h6-16H,4-5,17H2,1-3H3/b26-15+,31-28?. The zero-order valence-corrected chi connectivity index (χ0v) is 22.6. The van der Waals surface area contributed by atoms with Crippen LogP contribution in [0.15, 0.2) is 70.6 Å². The van der Waals surface area contributed by atoms with Gasteiger partial charge in [-0.15, -0.1) is 0 Å². The van der Waals surface area contributed by atoms with E-state index in [1.54, 1.807) is 24.1 Å². The van der Waals surface area contributed by atoms with Gasteiger partial charge in [0, 0.05) is 22.7 Å². The number of carbonyl (C=O) groups excluding carboxylic acids is 1. The fourth-order valence-electron chi connectivity index (χ4n) is 3.62. The molecule has 8 heteroatoms. The van der Waals surface area contributed by atoms with Gasteiger partial charge in [0.05, 0.1) is 17.2 Å². The fraction of sp³-hybridized carbons (Fsp3) is 0.214. The highest BCUT2D eigenvalue weighted by Crippen LogP contribution is 2.36. The minimum Gasteiger partial charge on any atom is -0.490 e. The second-order valence-corrected chi connectivity index (χ2v) is 9.87. The van der Waals surface area contributed by atoms with E-state index < -0.39 is 0 Å². The summed E-state index contributed by atoms with van der Waals surface area (Å²) in [5.74, 6) is 1.08. The molecule has 186 valence electrons. The number of amides is 1. The molecule has 1 amide bonds. The van der Waals surface area contributed by atoms with Gasteiger partial charge in [-0.1, -0.05) is 60.5 Å². The molecule has 0 spiro atoms. The third-order valence-electron chi connectivity index (χ3n) is 5.56. The third kappa shape index (κ3) is 6.06. The summed E-state index contributed by atoms with van der Waals surface area (Å²) < 4.78 is 11.8. The maximum absolute atomic E-state index is 12.9. The quantitative estimate of drug-likeness (QED) is 0.274. The molecule has 3 aromatic rings. The van der Waals surface area contributed by atoms with Gasteiger partial charge in [-0.2, -0.15) is 0 Å². The first-order valence-electron chi connectivity index (χ1n) is 11.6. The second-order valence-electron chi connectivity index (χ2n) is 8.02. The van der Waals surface area contributed by atoms with Crippen molar-refractivity contribution in [3.8, 4) is 11.5 Å². The van der Waals surface area contributed by atoms with Crippen molar-refractivity contribution in [2.75, 3.05) is 13.7 Å². The molecule has 1 aliphatic rings. The van der Waals surface area contributed by atoms with Crippen molar-refractivity contribution in [3.63, 3.8) is 0 Å². The van der Waals surface area contributed by atoms with Crippen molar-refractivity contribution in [2.24, 2.45) is 4.99 Å². The van der Waals surface area contributed by atoms with Crippen LogP contribution in [0.3, 0.4) is 0 Å². The van der Waals surface area contributed by atoms with Crippen LogP contribution < -0.4 is 9.47 Å². The van der Waals surface area contributed by atoms with E-state index >= 15 is 0 Å². The molecule has 0 radical (unpaired) electrons. The number of ether oxygens (including phenoxy) is 2. The summed E-state index contributed by atoms with van der Waals surface area (Å²) in [6.07, 6.45) is 2.72. The molecule has 0 unspecified atom stereocenters. The molecule has 36 heavy (non-hydrogen) atoms. The summed E-state index contributed by atoms with van der Waals surface area (Å²) in [7, 11) is 1.74. The lowest BCUT2D eigenvalue weighted by Crippen LogP contribution is -2.23. The normalized spacial score (nSPS) is 15.7. The number of hydrogen-bond donors (Lipinski definition) is 0. The minimum atomic E-state index is -0.0941. The number of rotatable bonds is 8. The molecular weight excluding hydrogens is 515 g/mol. The Labute approximate surface area is 225 Å². The van der Waals surface area contributed by atoms with Crippen molar-refractivity contribution in [1.29, 1.82) is 0 Å². The van der Waals surface area contributed by atoms with E-state index in [9.17, 15) is 4.79 Å². The number of para-hydroxylation sites is 1. The minimum absolute atomic E-state index is 0.0941. The Kier molecular flexibility index (Phi) is 8.62. The molecule has 0 aliphatic carbocycles. The summed E-state index contributed by atoms with van der Waals surface area (Å²) in [5.41, 5.74) is 3.67. The maximum atomic E-state index is 12.9. The molecule has 4 rings (SSSR count). The fourth-order valence-corrected chi connectivity index (χ4v) is 5.06. The van der Waals surface area contributed by atoms with Crippen LogP contribution in [0, 0.1) is 0 Å². The highest BCUT2D eigenvalue weighted by atomic mass is 35.5. The van der Waals surface area contributed by atoms with Gasteiger partial charge in [0.25, 0.3) is 5.91 Å². The average molecular weight is 542 g/mol. The summed E-state index contributed by atoms with van der Waals surface area (Å²) in [5, 5.41) is 1.77. The lowest BCUT2D eigenvalue weighted by Gasteiger charge is -2.13. The number of thioether (sulfide) groups is 1. The summed E-state index contributed by atoms with van der Waals surface area (Å²) >= 11 is 13.6. The number of aliphatic imine (C=N–C) groups is 1. The van der Waals surface area contributed by atoms with Gasteiger partial charge in [0.1, 0.15) is 6.61 Å². The second kappa shape index (κ2) is 11.9. The summed E-state index contributed by atoms with van der Waals surface area (Å²) in [6, 6.07) is 18.9. The number of amidine groups is 1. The van der Waals surface area contributed by atoms with E-state index in [-0.39, 0.29) is 12.5 Å². The van der Waals surface area contributed by atoms with Gasteiger partial charge in [-0.25, -0.2) is 4.99 Å². The Morgan fingerprint density at radius 3 is 2.53 bits per heavy atom. The highest BCUT2D eigenvalue weighted by Gasteiger charge is 2.30. The van der Waals surface area contributed by atoms with E-state index in [2.05, 4.69) is 13.0 Å². The zero-order chi connectivity index (χ0) is 25.7. The molecule has 1 aliphatic heterocycles. The summed E-state index contributed by atoms with van der Waals surface area (Å²) in [4.78, 5) is 19.9. The smallest absolute Gasteiger partial charge is 0.266 e. The van der Waals surface area contributed by atoms with Crippen molar-refractivity contribution < 1.29 is 14.3 Å². The Bertz CT molecular complexity index is 1340. The molecule has 1 fully saturated rings. The number of carbonyl (C=O) groups is 1. The van der Waals surface area contributed by atoms with Gasteiger partial charge < -0.3 is 9.47 Å². The number of benzene rings is 3. The largest absolute Gasteiger partial charge is 0.490 e. The zero-order valence-electron chi connectivity index (χ0n) is 20.3. The van der Waals surface area contributed by atoms with Gasteiger partial charge >= 0.3 is 0 Å². The van der Waals surface area contributed by atoms with E-state index in [0.717, 1.165) is 28.8 Å². The number of halogens is 2. The molecule has 1 heterocycles. The average Bonchev–Trinajstić information content (AvgIpc) is 3.12. The van der Waals surface area contributed by atoms with Crippen LogP contribution in [0.5, 0.6) is 11.5 Å². The van der Waals surface area contributed by atoms with Crippen LogP contribution in [0.2, 0.25) is 10.0 Å². The molecule has 3 aromatic carbocycles. The van der Waals surface area contributed by atoms with Crippen LogP contribution in [-0.4, -0.2) is 29.6 Å². The Morgan fingerprint density at radius 2 is 1.78 bits per heavy atom. The first-order valence-corrected chi connectivity index (χ1v) is 13.1. The van der Waals surface area contributed by atoms with Crippen LogP contribution in [0.1, 0.15) is 30.5 Å². The lowest BCUT2D eigenvalue weighted by molar-refractivity contribution is -0.121. The number of aryl methyl sites for hydroxylation is 1. The highest BCUT2D eigenvalue weighted by molar-refractivity contribution is 8.18. The summed E-state index contributed by atoms with van der Waals surface area (Å²) in [6.45, 7) is 4.75. The van der Waals surface area contributed by atoms with Gasteiger partial charge in [0.15, 0.2) is 16.7 Å². The van der Waals surface area contributed by atoms with Crippen molar-refractivity contribution in [1.82, 2.24) is 4.90 Å². The molecule has 0 N–H and O–H groups in total. The molecule has 1 saturated heterocycles. The SMILES string of the molecule is CCOc1cc(/C=C2/SC(=Nc3ccccc3CC)N(C)C2=O)ccc1OCc1ccc(Cl)cc1Cl. The monoisotopic (exact) mass is 540 g/mol. The van der Waals surface area contributed by atoms with Crippen LogP contribution in [0.4, 0.5) is 5.69 Å². The Hall–Kier alpha value is -2.93. The Morgan fingerprint density at radius 1 is 0.972 bits per heavy atom.